The molecule has 0 saturated carbocycles. The molecule has 1 aromatic carbocycles. The second kappa shape index (κ2) is 7.54. The summed E-state index contributed by atoms with van der Waals surface area (Å²) in [5, 5.41) is 0. The van der Waals surface area contributed by atoms with Gasteiger partial charge in [-0.2, -0.15) is 0 Å². The number of fused-ring (bicyclic) bond motifs is 2. The quantitative estimate of drug-likeness (QED) is 0.806. The average molecular weight is 362 g/mol. The zero-order chi connectivity index (χ0) is 17.3. The van der Waals surface area contributed by atoms with Crippen LogP contribution in [0.5, 0.6) is 0 Å². The Balaban J connectivity index is 1.23. The molecular weight excluding hydrogens is 336 g/mol. The van der Waals surface area contributed by atoms with Crippen LogP contribution in [0.25, 0.3) is 0 Å². The van der Waals surface area contributed by atoms with Gasteiger partial charge in [-0.3, -0.25) is 0 Å². The summed E-state index contributed by atoms with van der Waals surface area (Å²) in [7, 11) is 0. The summed E-state index contributed by atoms with van der Waals surface area (Å²) in [6, 6.07) is 8.17. The molecule has 4 saturated heterocycles. The summed E-state index contributed by atoms with van der Waals surface area (Å²) in [5.74, 6) is 0. The fourth-order valence-electron chi connectivity index (χ4n) is 4.17. The average Bonchev–Trinajstić information content (AvgIpc) is 2.73. The van der Waals surface area contributed by atoms with Crippen molar-refractivity contribution in [2.75, 3.05) is 26.4 Å². The molecule has 0 aliphatic carbocycles. The molecule has 0 N–H and O–H groups in total. The molecule has 0 bridgehead atoms. The Morgan fingerprint density at radius 2 is 1.04 bits per heavy atom. The molecule has 0 aromatic heterocycles. The van der Waals surface area contributed by atoms with E-state index in [0.29, 0.717) is 13.2 Å². The highest BCUT2D eigenvalue weighted by Gasteiger charge is 2.37. The second-order valence-corrected chi connectivity index (χ2v) is 7.45. The number of hydrogen-bond donors (Lipinski definition) is 0. The van der Waals surface area contributed by atoms with E-state index in [0.717, 1.165) is 50.0 Å². The summed E-state index contributed by atoms with van der Waals surface area (Å²) in [5.41, 5.74) is 2.04. The first-order valence-corrected chi connectivity index (χ1v) is 9.74. The third-order valence-corrected chi connectivity index (χ3v) is 5.66. The van der Waals surface area contributed by atoms with Gasteiger partial charge < -0.3 is 28.4 Å². The molecular formula is C20H26O6. The fraction of sp³-hybridized carbons (Fsp3) is 0.700. The summed E-state index contributed by atoms with van der Waals surface area (Å²) in [6.45, 7) is 2.80. The van der Waals surface area contributed by atoms with E-state index in [-0.39, 0.29) is 37.0 Å². The summed E-state index contributed by atoms with van der Waals surface area (Å²) < 4.78 is 35.4. The highest BCUT2D eigenvalue weighted by molar-refractivity contribution is 5.25. The van der Waals surface area contributed by atoms with Crippen LogP contribution in [0.4, 0.5) is 0 Å². The predicted molar refractivity (Wildman–Crippen MR) is 91.5 cm³/mol. The van der Waals surface area contributed by atoms with Crippen molar-refractivity contribution in [3.8, 4) is 0 Å². The highest BCUT2D eigenvalue weighted by Crippen LogP contribution is 2.34. The van der Waals surface area contributed by atoms with Crippen LogP contribution in [-0.2, 0) is 28.4 Å². The van der Waals surface area contributed by atoms with Gasteiger partial charge in [-0.1, -0.05) is 24.3 Å². The van der Waals surface area contributed by atoms with Crippen LogP contribution in [0.15, 0.2) is 24.3 Å². The van der Waals surface area contributed by atoms with Crippen LogP contribution < -0.4 is 0 Å². The molecule has 6 atom stereocenters. The zero-order valence-corrected chi connectivity index (χ0v) is 14.9. The Morgan fingerprint density at radius 1 is 0.577 bits per heavy atom. The Morgan fingerprint density at radius 3 is 1.50 bits per heavy atom. The number of hydrogen-bond acceptors (Lipinski definition) is 6. The summed E-state index contributed by atoms with van der Waals surface area (Å²) >= 11 is 0. The lowest BCUT2D eigenvalue weighted by molar-refractivity contribution is -0.278. The molecule has 4 fully saturated rings. The van der Waals surface area contributed by atoms with Crippen LogP contribution in [-0.4, -0.2) is 50.8 Å². The van der Waals surface area contributed by atoms with E-state index in [1.54, 1.807) is 0 Å². The van der Waals surface area contributed by atoms with E-state index in [4.69, 9.17) is 28.4 Å². The van der Waals surface area contributed by atoms with Crippen molar-refractivity contribution in [1.29, 1.82) is 0 Å². The molecule has 6 nitrogen and oxygen atoms in total. The van der Waals surface area contributed by atoms with E-state index in [1.807, 2.05) is 24.3 Å². The van der Waals surface area contributed by atoms with Crippen LogP contribution in [0.3, 0.4) is 0 Å². The molecule has 0 radical (unpaired) electrons. The van der Waals surface area contributed by atoms with Gasteiger partial charge >= 0.3 is 0 Å². The molecule has 0 unspecified atom stereocenters. The molecule has 6 heteroatoms. The van der Waals surface area contributed by atoms with Crippen LogP contribution >= 0.6 is 0 Å². The summed E-state index contributed by atoms with van der Waals surface area (Å²) in [4.78, 5) is 0. The van der Waals surface area contributed by atoms with E-state index >= 15 is 0 Å². The van der Waals surface area contributed by atoms with Crippen molar-refractivity contribution >= 4 is 0 Å². The van der Waals surface area contributed by atoms with Crippen LogP contribution in [0.2, 0.25) is 0 Å². The molecule has 0 amide bonds. The van der Waals surface area contributed by atoms with E-state index in [1.165, 1.54) is 0 Å². The van der Waals surface area contributed by atoms with Crippen molar-refractivity contribution in [2.45, 2.75) is 62.7 Å². The zero-order valence-electron chi connectivity index (χ0n) is 14.9. The van der Waals surface area contributed by atoms with Crippen LogP contribution in [0.1, 0.15) is 49.4 Å². The highest BCUT2D eigenvalue weighted by atomic mass is 16.7. The van der Waals surface area contributed by atoms with Gasteiger partial charge in [-0.05, 0) is 25.7 Å². The van der Waals surface area contributed by atoms with Gasteiger partial charge in [0.25, 0.3) is 0 Å². The second-order valence-electron chi connectivity index (χ2n) is 7.45. The predicted octanol–water partition coefficient (Wildman–Crippen LogP) is 2.87. The lowest BCUT2D eigenvalue weighted by Gasteiger charge is -2.40. The normalized spacial score (nSPS) is 40.5. The van der Waals surface area contributed by atoms with Gasteiger partial charge in [-0.15, -0.1) is 0 Å². The maximum absolute atomic E-state index is 6.11. The lowest BCUT2D eigenvalue weighted by atomic mass is 10.0. The minimum Gasteiger partial charge on any atom is -0.373 e. The molecule has 4 aliphatic rings. The third kappa shape index (κ3) is 3.42. The maximum atomic E-state index is 6.11. The molecule has 4 aliphatic heterocycles. The number of benzene rings is 1. The van der Waals surface area contributed by atoms with Crippen molar-refractivity contribution in [2.24, 2.45) is 0 Å². The largest absolute Gasteiger partial charge is 0.373 e. The minimum absolute atomic E-state index is 0.0778. The minimum atomic E-state index is -0.323. The molecule has 0 spiro atoms. The standard InChI is InChI=1S/C20H26O6/c1-3-15-17(21-9-1)11-23-19(25-15)13-5-7-14(8-6-13)20-24-12-18-16(26-20)4-2-10-22-18/h5-8,15-20H,1-4,9-12H2/t15-,16-,17-,18-,19+,20+/m1/s1. The van der Waals surface area contributed by atoms with Gasteiger partial charge in [0.15, 0.2) is 12.6 Å². The topological polar surface area (TPSA) is 55.4 Å². The SMILES string of the molecule is c1cc([C@H]2OC[C@H]3OCCC[C@H]3O2)ccc1[C@H]1OC[C@H]2OCCC[C@H]2O1. The molecule has 5 rings (SSSR count). The van der Waals surface area contributed by atoms with Gasteiger partial charge in [0.1, 0.15) is 12.2 Å². The molecule has 26 heavy (non-hydrogen) atoms. The van der Waals surface area contributed by atoms with E-state index in [9.17, 15) is 0 Å². The Hall–Kier alpha value is -1.02. The smallest absolute Gasteiger partial charge is 0.184 e. The fourth-order valence-corrected chi connectivity index (χ4v) is 4.17. The van der Waals surface area contributed by atoms with Crippen molar-refractivity contribution in [3.05, 3.63) is 35.4 Å². The Kier molecular flexibility index (Phi) is 4.96. The van der Waals surface area contributed by atoms with Gasteiger partial charge in [0, 0.05) is 24.3 Å². The molecule has 1 aromatic rings. The number of ether oxygens (including phenoxy) is 6. The van der Waals surface area contributed by atoms with Crippen molar-refractivity contribution in [1.82, 2.24) is 0 Å². The van der Waals surface area contributed by atoms with Crippen LogP contribution in [0, 0.1) is 0 Å². The van der Waals surface area contributed by atoms with Gasteiger partial charge in [-0.25, -0.2) is 0 Å². The van der Waals surface area contributed by atoms with Gasteiger partial charge in [0.2, 0.25) is 0 Å². The number of rotatable bonds is 2. The first-order valence-electron chi connectivity index (χ1n) is 9.74. The third-order valence-electron chi connectivity index (χ3n) is 5.66. The Bertz CT molecular complexity index is 552. The van der Waals surface area contributed by atoms with E-state index in [2.05, 4.69) is 0 Å². The first-order chi connectivity index (χ1) is 12.9. The lowest BCUT2D eigenvalue weighted by Crippen LogP contribution is -2.45. The monoisotopic (exact) mass is 362 g/mol. The van der Waals surface area contributed by atoms with E-state index < -0.39 is 0 Å². The Labute approximate surface area is 153 Å². The van der Waals surface area contributed by atoms with Gasteiger partial charge in [0.05, 0.1) is 25.4 Å². The molecule has 142 valence electrons. The van der Waals surface area contributed by atoms with Crippen molar-refractivity contribution < 1.29 is 28.4 Å². The van der Waals surface area contributed by atoms with Crippen molar-refractivity contribution in [3.63, 3.8) is 0 Å². The maximum Gasteiger partial charge on any atom is 0.184 e. The first kappa shape index (κ1) is 17.1. The molecule has 4 heterocycles. The summed E-state index contributed by atoms with van der Waals surface area (Å²) in [6.07, 6.45) is 3.96.